The third-order valence-electron chi connectivity index (χ3n) is 4.96. The van der Waals surface area contributed by atoms with Crippen LogP contribution >= 0.6 is 11.6 Å². The molecule has 2 aliphatic heterocycles. The van der Waals surface area contributed by atoms with Gasteiger partial charge in [0.15, 0.2) is 2.82 Å². The van der Waals surface area contributed by atoms with Gasteiger partial charge in [-0.2, -0.15) is 8.78 Å². The summed E-state index contributed by atoms with van der Waals surface area (Å²) in [5.41, 5.74) is -0.317. The topological polar surface area (TPSA) is 95.6 Å². The third kappa shape index (κ3) is 4.08. The van der Waals surface area contributed by atoms with Gasteiger partial charge in [-0.1, -0.05) is 35.9 Å². The van der Waals surface area contributed by atoms with Gasteiger partial charge in [-0.05, 0) is 35.7 Å². The molecule has 4 rings (SSSR count). The second-order valence-electron chi connectivity index (χ2n) is 7.05. The van der Waals surface area contributed by atoms with Crippen LogP contribution in [0.25, 0.3) is 0 Å². The van der Waals surface area contributed by atoms with Crippen molar-refractivity contribution in [3.8, 4) is 0 Å². The van der Waals surface area contributed by atoms with E-state index in [-0.39, 0.29) is 32.3 Å². The number of carbonyl (C=O) groups excluding carboxylic acids is 4. The van der Waals surface area contributed by atoms with E-state index in [1.165, 1.54) is 30.3 Å². The Balaban J connectivity index is 1.56. The number of hydrogen-bond acceptors (Lipinski definition) is 4. The monoisotopic (exact) mass is 467 g/mol. The minimum absolute atomic E-state index is 0.0132. The molecule has 1 atom stereocenters. The second kappa shape index (κ2) is 8.31. The molecule has 2 aliphatic rings. The molecular weight excluding hydrogens is 444 g/mol. The van der Waals surface area contributed by atoms with Crippen molar-refractivity contribution in [1.82, 2.24) is 15.5 Å². The highest BCUT2D eigenvalue weighted by molar-refractivity contribution is 6.30. The first-order valence-electron chi connectivity index (χ1n) is 12.2. The van der Waals surface area contributed by atoms with Crippen molar-refractivity contribution in [2.45, 2.75) is 37.8 Å². The first-order valence-corrected chi connectivity index (χ1v) is 9.64. The fourth-order valence-corrected chi connectivity index (χ4v) is 3.47. The van der Waals surface area contributed by atoms with Gasteiger partial charge in [0.2, 0.25) is 11.8 Å². The first-order chi connectivity index (χ1) is 17.5. The standard InChI is InChI=1S/C22H18ClF2N3O4/c23-15-4-2-14(3-5-15)22(24,25)21(32)26-10-12-1-6-16-13(9-12)11-28(20(16)31)17-7-8-18(29)27-19(17)30/h1-6,9,17H,7-8,10-11H2,(H,26,32)(H,27,29,30)/i7D2,8D2/hD2. The lowest BCUT2D eigenvalue weighted by Crippen LogP contribution is -2.52. The van der Waals surface area contributed by atoms with E-state index in [1.807, 2.05) is 0 Å². The van der Waals surface area contributed by atoms with Gasteiger partial charge in [0.25, 0.3) is 11.8 Å². The molecule has 2 aromatic rings. The van der Waals surface area contributed by atoms with E-state index in [4.69, 9.17) is 19.9 Å². The van der Waals surface area contributed by atoms with Crippen molar-refractivity contribution in [1.29, 1.82) is 0 Å². The molecule has 0 aliphatic carbocycles. The van der Waals surface area contributed by atoms with E-state index in [2.05, 4.69) is 0 Å². The minimum atomic E-state index is -4.03. The summed E-state index contributed by atoms with van der Waals surface area (Å²) in [4.78, 5) is 50.7. The van der Waals surface area contributed by atoms with Crippen LogP contribution in [-0.4, -0.2) is 34.6 Å². The number of amides is 4. The quantitative estimate of drug-likeness (QED) is 0.660. The zero-order valence-corrected chi connectivity index (χ0v) is 16.9. The number of hydrogen-bond donors (Lipinski definition) is 2. The minimum Gasteiger partial charge on any atom is -0.346 e. The SMILES string of the molecule is [2H]N(Cc1ccc2c(c1)CN(C1C(=O)N([2H])C(=O)C([2H])([2H])C1([2H])[2H])C2=O)C(=O)C(F)(F)c1ccc(Cl)cc1. The molecule has 166 valence electrons. The molecule has 0 saturated carbocycles. The Kier molecular flexibility index (Phi) is 4.02. The Morgan fingerprint density at radius 3 is 2.72 bits per heavy atom. The molecule has 32 heavy (non-hydrogen) atoms. The van der Waals surface area contributed by atoms with Crippen molar-refractivity contribution in [2.75, 3.05) is 0 Å². The molecule has 2 N–H and O–H groups in total. The molecule has 4 amide bonds. The Bertz CT molecular complexity index is 1360. The number of benzene rings is 2. The van der Waals surface area contributed by atoms with Gasteiger partial charge < -0.3 is 10.2 Å². The van der Waals surface area contributed by atoms with E-state index in [9.17, 15) is 28.0 Å². The molecule has 7 nitrogen and oxygen atoms in total. The predicted octanol–water partition coefficient (Wildman–Crippen LogP) is 2.51. The fourth-order valence-electron chi connectivity index (χ4n) is 3.34. The van der Waals surface area contributed by atoms with Crippen molar-refractivity contribution >= 4 is 35.2 Å². The highest BCUT2D eigenvalue weighted by Crippen LogP contribution is 2.30. The van der Waals surface area contributed by atoms with Crippen LogP contribution < -0.4 is 10.6 Å². The largest absolute Gasteiger partial charge is 0.349 e. The van der Waals surface area contributed by atoms with Crippen LogP contribution in [0.4, 0.5) is 8.78 Å². The number of piperidine rings is 1. The number of alkyl halides is 2. The van der Waals surface area contributed by atoms with E-state index in [0.29, 0.717) is 4.90 Å². The number of rotatable bonds is 5. The summed E-state index contributed by atoms with van der Waals surface area (Å²) in [5, 5.41) is -0.0765. The van der Waals surface area contributed by atoms with Gasteiger partial charge in [0.1, 0.15) is 6.04 Å². The predicted molar refractivity (Wildman–Crippen MR) is 110 cm³/mol. The lowest BCUT2D eigenvalue weighted by molar-refractivity contribution is -0.147. The van der Waals surface area contributed by atoms with Crippen LogP contribution in [0.1, 0.15) is 45.3 Å². The number of nitrogens with zero attached hydrogens (tertiary/aromatic N) is 1. The van der Waals surface area contributed by atoms with Crippen LogP contribution in [0.15, 0.2) is 42.5 Å². The number of nitrogens with one attached hydrogen (secondary N) is 2. The zero-order chi connectivity index (χ0) is 28.4. The van der Waals surface area contributed by atoms with Crippen LogP contribution in [0, 0.1) is 0 Å². The maximum atomic E-state index is 14.6. The Labute approximate surface area is 195 Å². The third-order valence-corrected chi connectivity index (χ3v) is 5.21. The highest BCUT2D eigenvalue weighted by atomic mass is 35.5. The fraction of sp³-hybridized carbons (Fsp3) is 0.273. The van der Waals surface area contributed by atoms with Gasteiger partial charge in [0.05, 0.1) is 0 Å². The van der Waals surface area contributed by atoms with Gasteiger partial charge in [-0.15, -0.1) is 0 Å². The average Bonchev–Trinajstić information content (AvgIpc) is 3.16. The summed E-state index contributed by atoms with van der Waals surface area (Å²) in [5.74, 6) is -9.85. The molecule has 1 unspecified atom stereocenters. The molecule has 2 heterocycles. The zero-order valence-electron chi connectivity index (χ0n) is 22.1. The van der Waals surface area contributed by atoms with Crippen LogP contribution in [0.3, 0.4) is 0 Å². The van der Waals surface area contributed by atoms with Crippen molar-refractivity contribution in [2.24, 2.45) is 0 Å². The smallest absolute Gasteiger partial charge is 0.346 e. The average molecular weight is 468 g/mol. The number of carbonyl (C=O) groups is 4. The molecule has 1 fully saturated rings. The second-order valence-corrected chi connectivity index (χ2v) is 7.49. The molecule has 0 spiro atoms. The summed E-state index contributed by atoms with van der Waals surface area (Å²) in [7, 11) is 0. The summed E-state index contributed by atoms with van der Waals surface area (Å²) < 4.78 is 76.6. The van der Waals surface area contributed by atoms with Gasteiger partial charge in [-0.3, -0.25) is 24.5 Å². The van der Waals surface area contributed by atoms with E-state index in [0.717, 1.165) is 12.1 Å². The lowest BCUT2D eigenvalue weighted by atomic mass is 10.0. The van der Waals surface area contributed by atoms with Crippen molar-refractivity contribution < 1.29 is 36.3 Å². The van der Waals surface area contributed by atoms with E-state index < -0.39 is 67.0 Å². The Morgan fingerprint density at radius 1 is 1.28 bits per heavy atom. The highest BCUT2D eigenvalue weighted by Gasteiger charge is 2.41. The molecule has 0 aromatic heterocycles. The molecule has 10 heteroatoms. The van der Waals surface area contributed by atoms with Gasteiger partial charge in [-0.25, -0.2) is 0 Å². The molecule has 2 aromatic carbocycles. The molecule has 0 radical (unpaired) electrons. The summed E-state index contributed by atoms with van der Waals surface area (Å²) in [6, 6.07) is 5.97. The van der Waals surface area contributed by atoms with Gasteiger partial charge in [0, 0.05) is 41.1 Å². The molecule has 0 bridgehead atoms. The van der Waals surface area contributed by atoms with Crippen molar-refractivity contribution in [3.05, 3.63) is 69.7 Å². The lowest BCUT2D eigenvalue weighted by Gasteiger charge is -2.29. The maximum Gasteiger partial charge on any atom is 0.349 e. The maximum absolute atomic E-state index is 14.6. The summed E-state index contributed by atoms with van der Waals surface area (Å²) in [6.45, 7) is -1.03. The van der Waals surface area contributed by atoms with Crippen LogP contribution in [0.5, 0.6) is 0 Å². The first kappa shape index (κ1) is 15.5. The summed E-state index contributed by atoms with van der Waals surface area (Å²) >= 11 is 5.69. The summed E-state index contributed by atoms with van der Waals surface area (Å²) in [6.07, 6.45) is -6.45. The Morgan fingerprint density at radius 2 is 2.00 bits per heavy atom. The molecular formula is C22H18ClF2N3O4. The van der Waals surface area contributed by atoms with Crippen LogP contribution in [-0.2, 0) is 33.4 Å². The Hall–Kier alpha value is -3.33. The van der Waals surface area contributed by atoms with Crippen LogP contribution in [0.2, 0.25) is 7.85 Å². The van der Waals surface area contributed by atoms with E-state index in [1.54, 1.807) is 0 Å². The number of halogens is 3. The number of fused-ring (bicyclic) bond motifs is 1. The van der Waals surface area contributed by atoms with Gasteiger partial charge >= 0.3 is 5.92 Å². The van der Waals surface area contributed by atoms with E-state index >= 15 is 0 Å². The van der Waals surface area contributed by atoms with Crippen molar-refractivity contribution in [3.63, 3.8) is 0 Å². The normalized spacial score (nSPS) is 24.6. The number of imide groups is 1. The molecule has 1 saturated heterocycles.